The first-order valence-electron chi connectivity index (χ1n) is 8.55. The number of benzene rings is 1. The monoisotopic (exact) mass is 344 g/mol. The molecule has 7 nitrogen and oxygen atoms in total. The average Bonchev–Trinajstić information content (AvgIpc) is 3.08. The van der Waals surface area contributed by atoms with Gasteiger partial charge in [0, 0.05) is 38.3 Å². The van der Waals surface area contributed by atoms with Crippen LogP contribution in [0.3, 0.4) is 0 Å². The number of urea groups is 1. The molecule has 4 amide bonds. The van der Waals surface area contributed by atoms with Gasteiger partial charge in [-0.3, -0.25) is 19.4 Å². The first-order chi connectivity index (χ1) is 11.9. The Balaban J connectivity index is 1.71. The van der Waals surface area contributed by atoms with Gasteiger partial charge in [-0.05, 0) is 38.0 Å². The number of carbonyl (C=O) groups excluding carboxylic acids is 3. The summed E-state index contributed by atoms with van der Waals surface area (Å²) in [7, 11) is 1.61. The van der Waals surface area contributed by atoms with Crippen LogP contribution in [0, 0.1) is 0 Å². The summed E-state index contributed by atoms with van der Waals surface area (Å²) < 4.78 is 0. The summed E-state index contributed by atoms with van der Waals surface area (Å²) in [6.45, 7) is 5.53. The van der Waals surface area contributed by atoms with Crippen LogP contribution < -0.4 is 10.6 Å². The van der Waals surface area contributed by atoms with Crippen molar-refractivity contribution in [1.29, 1.82) is 0 Å². The van der Waals surface area contributed by atoms with Gasteiger partial charge >= 0.3 is 6.03 Å². The first kappa shape index (κ1) is 17.4. The van der Waals surface area contributed by atoms with E-state index in [1.807, 2.05) is 32.0 Å². The van der Waals surface area contributed by atoms with E-state index in [2.05, 4.69) is 15.5 Å². The number of amides is 4. The van der Waals surface area contributed by atoms with Crippen molar-refractivity contribution in [1.82, 2.24) is 20.4 Å². The molecule has 2 aliphatic rings. The Morgan fingerprint density at radius 2 is 2.12 bits per heavy atom. The predicted molar refractivity (Wildman–Crippen MR) is 93.0 cm³/mol. The van der Waals surface area contributed by atoms with Crippen LogP contribution >= 0.6 is 0 Å². The van der Waals surface area contributed by atoms with E-state index in [1.165, 1.54) is 4.90 Å². The zero-order valence-corrected chi connectivity index (χ0v) is 14.8. The smallest absolute Gasteiger partial charge is 0.325 e. The molecule has 0 bridgehead atoms. The highest BCUT2D eigenvalue weighted by atomic mass is 16.2. The van der Waals surface area contributed by atoms with Crippen molar-refractivity contribution in [3.63, 3.8) is 0 Å². The number of carbonyl (C=O) groups is 3. The molecule has 7 heteroatoms. The van der Waals surface area contributed by atoms with E-state index in [4.69, 9.17) is 0 Å². The molecule has 1 unspecified atom stereocenters. The summed E-state index contributed by atoms with van der Waals surface area (Å²) in [5, 5.41) is 5.51. The Labute approximate surface area is 147 Å². The Kier molecular flexibility index (Phi) is 4.51. The van der Waals surface area contributed by atoms with Gasteiger partial charge in [-0.25, -0.2) is 4.79 Å². The first-order valence-corrected chi connectivity index (χ1v) is 8.55. The number of hydrogen-bond acceptors (Lipinski definition) is 4. The molecule has 134 valence electrons. The topological polar surface area (TPSA) is 81.8 Å². The second kappa shape index (κ2) is 6.48. The van der Waals surface area contributed by atoms with E-state index in [0.717, 1.165) is 12.1 Å². The fourth-order valence-corrected chi connectivity index (χ4v) is 3.62. The molecule has 2 aliphatic heterocycles. The molecule has 0 radical (unpaired) electrons. The maximum absolute atomic E-state index is 12.7. The van der Waals surface area contributed by atoms with Crippen molar-refractivity contribution in [2.24, 2.45) is 0 Å². The van der Waals surface area contributed by atoms with Gasteiger partial charge in [0.15, 0.2) is 0 Å². The predicted octanol–water partition coefficient (Wildman–Crippen LogP) is 0.951. The zero-order chi connectivity index (χ0) is 18.2. The van der Waals surface area contributed by atoms with Crippen molar-refractivity contribution in [3.05, 3.63) is 35.4 Å². The Morgan fingerprint density at radius 1 is 1.36 bits per heavy atom. The summed E-state index contributed by atoms with van der Waals surface area (Å²) in [4.78, 5) is 40.1. The van der Waals surface area contributed by atoms with Crippen molar-refractivity contribution in [2.75, 3.05) is 20.1 Å². The quantitative estimate of drug-likeness (QED) is 0.797. The lowest BCUT2D eigenvalue weighted by Gasteiger charge is -2.23. The molecule has 3 rings (SSSR count). The molecular formula is C18H24N4O3. The van der Waals surface area contributed by atoms with Gasteiger partial charge in [-0.15, -0.1) is 0 Å². The van der Waals surface area contributed by atoms with Crippen LogP contribution in [0.1, 0.15) is 36.2 Å². The van der Waals surface area contributed by atoms with Gasteiger partial charge in [0.25, 0.3) is 11.8 Å². The van der Waals surface area contributed by atoms with E-state index in [0.29, 0.717) is 25.1 Å². The van der Waals surface area contributed by atoms with Gasteiger partial charge < -0.3 is 10.6 Å². The summed E-state index contributed by atoms with van der Waals surface area (Å²) >= 11 is 0. The van der Waals surface area contributed by atoms with Gasteiger partial charge in [0.2, 0.25) is 0 Å². The fraction of sp³-hybridized carbons (Fsp3) is 0.500. The zero-order valence-electron chi connectivity index (χ0n) is 14.8. The fourth-order valence-electron chi connectivity index (χ4n) is 3.62. The molecule has 1 spiro atoms. The number of nitrogens with zero attached hydrogens (tertiary/aromatic N) is 2. The van der Waals surface area contributed by atoms with E-state index >= 15 is 0 Å². The summed E-state index contributed by atoms with van der Waals surface area (Å²) in [5.41, 5.74) is 0.820. The molecule has 0 aromatic heterocycles. The highest BCUT2D eigenvalue weighted by molar-refractivity contribution is 6.07. The van der Waals surface area contributed by atoms with Crippen LogP contribution in [0.15, 0.2) is 24.3 Å². The number of hydrogen-bond donors (Lipinski definition) is 2. The van der Waals surface area contributed by atoms with E-state index < -0.39 is 5.54 Å². The summed E-state index contributed by atoms with van der Waals surface area (Å²) in [6, 6.07) is 7.00. The third kappa shape index (κ3) is 3.11. The second-order valence-corrected chi connectivity index (χ2v) is 7.02. The molecule has 2 N–H and O–H groups in total. The molecule has 25 heavy (non-hydrogen) atoms. The van der Waals surface area contributed by atoms with Gasteiger partial charge in [0.1, 0.15) is 5.54 Å². The maximum atomic E-state index is 12.7. The Morgan fingerprint density at radius 3 is 2.76 bits per heavy atom. The number of nitrogens with one attached hydrogen (secondary N) is 2. The molecule has 1 aromatic carbocycles. The van der Waals surface area contributed by atoms with E-state index in [9.17, 15) is 14.4 Å². The van der Waals surface area contributed by atoms with Crippen LogP contribution in [0.5, 0.6) is 0 Å². The molecule has 0 aliphatic carbocycles. The van der Waals surface area contributed by atoms with Crippen molar-refractivity contribution >= 4 is 17.8 Å². The van der Waals surface area contributed by atoms with Crippen molar-refractivity contribution in [3.8, 4) is 0 Å². The third-order valence-electron chi connectivity index (χ3n) is 4.88. The van der Waals surface area contributed by atoms with Crippen LogP contribution in [-0.2, 0) is 11.3 Å². The summed E-state index contributed by atoms with van der Waals surface area (Å²) in [6.07, 6.45) is 0.607. The minimum Gasteiger partial charge on any atom is -0.355 e. The molecule has 1 aromatic rings. The van der Waals surface area contributed by atoms with Crippen LogP contribution in [-0.4, -0.2) is 59.4 Å². The van der Waals surface area contributed by atoms with Gasteiger partial charge in [0.05, 0.1) is 0 Å². The van der Waals surface area contributed by atoms with Crippen molar-refractivity contribution < 1.29 is 14.4 Å². The van der Waals surface area contributed by atoms with Gasteiger partial charge in [-0.2, -0.15) is 0 Å². The average molecular weight is 344 g/mol. The number of likely N-dealkylation sites (tertiary alicyclic amines) is 1. The minimum atomic E-state index is -0.806. The van der Waals surface area contributed by atoms with Gasteiger partial charge in [-0.1, -0.05) is 12.1 Å². The van der Waals surface area contributed by atoms with Crippen LogP contribution in [0.2, 0.25) is 0 Å². The number of imide groups is 1. The molecule has 2 saturated heterocycles. The molecule has 0 saturated carbocycles. The molecular weight excluding hydrogens is 320 g/mol. The van der Waals surface area contributed by atoms with Crippen LogP contribution in [0.25, 0.3) is 0 Å². The van der Waals surface area contributed by atoms with E-state index in [-0.39, 0.29) is 23.9 Å². The highest BCUT2D eigenvalue weighted by Crippen LogP contribution is 2.30. The largest absolute Gasteiger partial charge is 0.355 e. The highest BCUT2D eigenvalue weighted by Gasteiger charge is 2.55. The molecule has 2 heterocycles. The van der Waals surface area contributed by atoms with Crippen molar-refractivity contribution in [2.45, 2.75) is 38.4 Å². The summed E-state index contributed by atoms with van der Waals surface area (Å²) in [5.74, 6) is -0.250. The second-order valence-electron chi connectivity index (χ2n) is 7.02. The van der Waals surface area contributed by atoms with E-state index in [1.54, 1.807) is 13.1 Å². The minimum absolute atomic E-state index is 0.120. The Bertz CT molecular complexity index is 718. The van der Waals surface area contributed by atoms with Crippen LogP contribution in [0.4, 0.5) is 4.79 Å². The maximum Gasteiger partial charge on any atom is 0.325 e. The standard InChI is InChI=1S/C18H24N4O3/c1-12(2)22-16(24)18(20-17(22)25)7-8-21(11-18)10-13-5-4-6-14(9-13)15(23)19-3/h4-6,9,12H,7-8,10-11H2,1-3H3,(H,19,23)(H,20,25). The lowest BCUT2D eigenvalue weighted by atomic mass is 9.98. The molecule has 1 atom stereocenters. The number of rotatable bonds is 4. The lowest BCUT2D eigenvalue weighted by molar-refractivity contribution is -0.132. The third-order valence-corrected chi connectivity index (χ3v) is 4.88. The Hall–Kier alpha value is -2.41. The normalized spacial score (nSPS) is 23.6. The molecule has 2 fully saturated rings. The lowest BCUT2D eigenvalue weighted by Crippen LogP contribution is -2.49. The SMILES string of the molecule is CNC(=O)c1cccc(CN2CCC3(C2)NC(=O)N(C(C)C)C3=O)c1.